The molecule has 4 atom stereocenters. The van der Waals surface area contributed by atoms with Crippen molar-refractivity contribution in [3.05, 3.63) is 0 Å². The molecule has 0 aromatic rings. The maximum absolute atomic E-state index is 12.8. The van der Waals surface area contributed by atoms with Gasteiger partial charge in [-0.15, -0.1) is 0 Å². The van der Waals surface area contributed by atoms with E-state index in [1.165, 1.54) is 6.92 Å². The van der Waals surface area contributed by atoms with Crippen LogP contribution in [-0.2, 0) is 23.5 Å². The topological polar surface area (TPSA) is 90.9 Å². The van der Waals surface area contributed by atoms with Crippen molar-refractivity contribution in [2.24, 2.45) is 11.8 Å². The number of nitrogens with one attached hydrogen (secondary N) is 1. The van der Waals surface area contributed by atoms with E-state index in [2.05, 4.69) is 39.2 Å². The van der Waals surface area contributed by atoms with Crippen LogP contribution in [0.5, 0.6) is 0 Å². The molecule has 0 radical (unpaired) electrons. The van der Waals surface area contributed by atoms with Crippen LogP contribution >= 0.6 is 0 Å². The largest absolute Gasteiger partial charge is 0.464 e. The fourth-order valence-corrected chi connectivity index (χ4v) is 5.88. The summed E-state index contributed by atoms with van der Waals surface area (Å²) in [7, 11) is -2.18. The quantitative estimate of drug-likeness (QED) is 0.434. The van der Waals surface area contributed by atoms with Crippen LogP contribution in [0, 0.1) is 11.8 Å². The Hall–Kier alpha value is -1.41. The lowest BCUT2D eigenvalue weighted by atomic mass is 9.80. The van der Waals surface area contributed by atoms with Crippen LogP contribution < -0.4 is 5.32 Å². The number of esters is 1. The predicted molar refractivity (Wildman–Crippen MR) is 123 cm³/mol. The van der Waals surface area contributed by atoms with Crippen LogP contribution in [0.4, 0.5) is 4.79 Å². The lowest BCUT2D eigenvalue weighted by Gasteiger charge is -2.45. The number of carbonyl (C=O) groups excluding carboxylic acids is 3. The maximum atomic E-state index is 12.8. The van der Waals surface area contributed by atoms with Gasteiger partial charge in [0.05, 0.1) is 18.1 Å². The highest BCUT2D eigenvalue weighted by Crippen LogP contribution is 2.49. The molecule has 1 unspecified atom stereocenters. The smallest absolute Gasteiger partial charge is 0.408 e. The van der Waals surface area contributed by atoms with Gasteiger partial charge in [0.2, 0.25) is 0 Å². The van der Waals surface area contributed by atoms with E-state index in [-0.39, 0.29) is 17.4 Å². The van der Waals surface area contributed by atoms with Gasteiger partial charge in [-0.3, -0.25) is 4.79 Å². The summed E-state index contributed by atoms with van der Waals surface area (Å²) in [4.78, 5) is 38.1. The predicted octanol–water partition coefficient (Wildman–Crippen LogP) is 4.84. The molecule has 180 valence electrons. The standard InChI is InChI=1S/C23H43NO6Si/c1-12-28-19(26)18(24-20(27)29-21(3,4)5)16-13-14-23(9,17(16)15(2)25)30-31(10,11)22(6,7)8/h16-18H,12-14H2,1-11H3,(H,24,27)/t16-,17?,18-,23+/m0/s1. The fourth-order valence-electron chi connectivity index (χ4n) is 4.18. The normalized spacial score (nSPS) is 25.6. The zero-order valence-corrected chi connectivity index (χ0v) is 22.3. The molecular weight excluding hydrogens is 414 g/mol. The second-order valence-electron chi connectivity index (χ2n) is 11.3. The summed E-state index contributed by atoms with van der Waals surface area (Å²) in [6, 6.07) is -0.978. The zero-order chi connectivity index (χ0) is 24.4. The molecule has 1 fully saturated rings. The first-order chi connectivity index (χ1) is 13.8. The van der Waals surface area contributed by atoms with Crippen molar-refractivity contribution in [3.63, 3.8) is 0 Å². The molecule has 1 N–H and O–H groups in total. The van der Waals surface area contributed by atoms with Gasteiger partial charge in [-0.1, -0.05) is 20.8 Å². The lowest BCUT2D eigenvalue weighted by molar-refractivity contribution is -0.148. The van der Waals surface area contributed by atoms with Gasteiger partial charge in [-0.05, 0) is 72.5 Å². The first-order valence-corrected chi connectivity index (χ1v) is 14.1. The van der Waals surface area contributed by atoms with Crippen LogP contribution in [0.25, 0.3) is 0 Å². The van der Waals surface area contributed by atoms with Gasteiger partial charge in [0.1, 0.15) is 17.4 Å². The first-order valence-electron chi connectivity index (χ1n) is 11.2. The van der Waals surface area contributed by atoms with E-state index in [1.807, 2.05) is 6.92 Å². The average molecular weight is 458 g/mol. The van der Waals surface area contributed by atoms with Gasteiger partial charge in [0.25, 0.3) is 0 Å². The first kappa shape index (κ1) is 27.6. The fraction of sp³-hybridized carbons (Fsp3) is 0.870. The molecule has 1 saturated carbocycles. The Morgan fingerprint density at radius 3 is 2.10 bits per heavy atom. The number of hydrogen-bond donors (Lipinski definition) is 1. The van der Waals surface area contributed by atoms with Gasteiger partial charge in [0.15, 0.2) is 8.32 Å². The molecule has 31 heavy (non-hydrogen) atoms. The number of carbonyl (C=O) groups is 3. The van der Waals surface area contributed by atoms with Crippen LogP contribution in [0.15, 0.2) is 0 Å². The summed E-state index contributed by atoms with van der Waals surface area (Å²) in [5.74, 6) is -1.57. The Bertz CT molecular complexity index is 679. The Balaban J connectivity index is 3.28. The highest BCUT2D eigenvalue weighted by Gasteiger charge is 2.56. The van der Waals surface area contributed by atoms with Gasteiger partial charge in [0, 0.05) is 5.92 Å². The summed E-state index contributed by atoms with van der Waals surface area (Å²) in [5, 5.41) is 2.66. The van der Waals surface area contributed by atoms with Crippen molar-refractivity contribution in [1.82, 2.24) is 5.32 Å². The number of Topliss-reactive ketones (excluding diaryl/α,β-unsaturated/α-hetero) is 1. The van der Waals surface area contributed by atoms with E-state index in [0.29, 0.717) is 12.8 Å². The van der Waals surface area contributed by atoms with Crippen molar-refractivity contribution in [2.75, 3.05) is 6.61 Å². The summed E-state index contributed by atoms with van der Waals surface area (Å²) >= 11 is 0. The molecule has 0 spiro atoms. The van der Waals surface area contributed by atoms with Crippen LogP contribution in [0.3, 0.4) is 0 Å². The zero-order valence-electron chi connectivity index (χ0n) is 21.3. The minimum atomic E-state index is -2.18. The number of ether oxygens (including phenoxy) is 2. The molecule has 7 nitrogen and oxygen atoms in total. The number of alkyl carbamates (subject to hydrolysis) is 1. The SMILES string of the molecule is CCOC(=O)[C@@H](NC(=O)OC(C)(C)C)[C@H]1CC[C@@](C)(O[Si](C)(C)C(C)(C)C)C1C(C)=O. The van der Waals surface area contributed by atoms with Crippen LogP contribution in [-0.4, -0.2) is 50.0 Å². The molecule has 0 aromatic heterocycles. The summed E-state index contributed by atoms with van der Waals surface area (Å²) < 4.78 is 17.4. The van der Waals surface area contributed by atoms with E-state index in [9.17, 15) is 14.4 Å². The molecular formula is C23H43NO6Si. The molecule has 8 heteroatoms. The van der Waals surface area contributed by atoms with Gasteiger partial charge in [-0.25, -0.2) is 9.59 Å². The molecule has 1 aliphatic carbocycles. The Kier molecular flexibility index (Phi) is 8.56. The molecule has 0 saturated heterocycles. The van der Waals surface area contributed by atoms with E-state index >= 15 is 0 Å². The summed E-state index contributed by atoms with van der Waals surface area (Å²) in [6.07, 6.45) is 0.487. The van der Waals surface area contributed by atoms with E-state index < -0.39 is 49.5 Å². The average Bonchev–Trinajstić information content (AvgIpc) is 2.86. The van der Waals surface area contributed by atoms with Crippen LogP contribution in [0.2, 0.25) is 18.1 Å². The number of rotatable bonds is 7. The maximum Gasteiger partial charge on any atom is 0.408 e. The minimum absolute atomic E-state index is 0.0231. The van der Waals surface area contributed by atoms with Crippen molar-refractivity contribution in [3.8, 4) is 0 Å². The van der Waals surface area contributed by atoms with Crippen molar-refractivity contribution < 1.29 is 28.3 Å². The molecule has 1 rings (SSSR count). The van der Waals surface area contributed by atoms with E-state index in [4.69, 9.17) is 13.9 Å². The third kappa shape index (κ3) is 7.04. The van der Waals surface area contributed by atoms with Crippen molar-refractivity contribution in [2.45, 2.75) is 111 Å². The number of amides is 1. The molecule has 0 heterocycles. The number of hydrogen-bond acceptors (Lipinski definition) is 6. The van der Waals surface area contributed by atoms with E-state index in [0.717, 1.165) is 0 Å². The molecule has 1 aliphatic rings. The summed E-state index contributed by atoms with van der Waals surface area (Å²) in [6.45, 7) is 21.4. The molecule has 1 amide bonds. The second-order valence-corrected chi connectivity index (χ2v) is 16.1. The third-order valence-corrected chi connectivity index (χ3v) is 11.0. The van der Waals surface area contributed by atoms with Crippen molar-refractivity contribution >= 4 is 26.2 Å². The molecule has 0 aromatic carbocycles. The monoisotopic (exact) mass is 457 g/mol. The second kappa shape index (κ2) is 9.61. The van der Waals surface area contributed by atoms with Gasteiger partial charge < -0.3 is 19.2 Å². The highest BCUT2D eigenvalue weighted by molar-refractivity contribution is 6.74. The molecule has 0 bridgehead atoms. The Labute approximate surface area is 189 Å². The van der Waals surface area contributed by atoms with Crippen LogP contribution in [0.1, 0.15) is 75.2 Å². The van der Waals surface area contributed by atoms with Gasteiger partial charge in [-0.2, -0.15) is 0 Å². The Morgan fingerprint density at radius 1 is 1.13 bits per heavy atom. The van der Waals surface area contributed by atoms with Crippen molar-refractivity contribution in [1.29, 1.82) is 0 Å². The molecule has 0 aliphatic heterocycles. The van der Waals surface area contributed by atoms with E-state index in [1.54, 1.807) is 27.7 Å². The number of ketones is 1. The minimum Gasteiger partial charge on any atom is -0.464 e. The lowest BCUT2D eigenvalue weighted by Crippen LogP contribution is -2.55. The third-order valence-electron chi connectivity index (χ3n) is 6.43. The summed E-state index contributed by atoms with van der Waals surface area (Å²) in [5.41, 5.74) is -1.42. The Morgan fingerprint density at radius 2 is 1.68 bits per heavy atom. The van der Waals surface area contributed by atoms with Gasteiger partial charge >= 0.3 is 12.1 Å². The highest BCUT2D eigenvalue weighted by atomic mass is 28.4.